The second-order valence-electron chi connectivity index (χ2n) is 8.17. The Kier molecular flexibility index (Phi) is 6.86. The fourth-order valence-corrected chi connectivity index (χ4v) is 3.95. The van der Waals surface area contributed by atoms with E-state index in [9.17, 15) is 27.2 Å². The van der Waals surface area contributed by atoms with Crippen LogP contribution in [0.2, 0.25) is 0 Å². The number of benzene rings is 2. The monoisotopic (exact) mass is 489 g/mol. The van der Waals surface area contributed by atoms with E-state index in [-0.39, 0.29) is 35.0 Å². The van der Waals surface area contributed by atoms with Crippen molar-refractivity contribution in [1.29, 1.82) is 0 Å². The van der Waals surface area contributed by atoms with Gasteiger partial charge in [-0.05, 0) is 49.2 Å². The van der Waals surface area contributed by atoms with Gasteiger partial charge in [0.05, 0.1) is 16.8 Å². The predicted octanol–water partition coefficient (Wildman–Crippen LogP) is 3.95. The highest BCUT2D eigenvalue weighted by Crippen LogP contribution is 2.30. The zero-order valence-corrected chi connectivity index (χ0v) is 18.8. The van der Waals surface area contributed by atoms with Crippen LogP contribution in [0.1, 0.15) is 31.7 Å². The van der Waals surface area contributed by atoms with Crippen LogP contribution in [0.15, 0.2) is 53.3 Å². The van der Waals surface area contributed by atoms with Gasteiger partial charge in [0, 0.05) is 25.6 Å². The Hall–Kier alpha value is -3.76. The number of nitrogens with one attached hydrogen (secondary N) is 1. The molecule has 2 aromatic carbocycles. The summed E-state index contributed by atoms with van der Waals surface area (Å²) in [4.78, 5) is 35.1. The van der Waals surface area contributed by atoms with Crippen LogP contribution in [0.5, 0.6) is 0 Å². The molecule has 7 nitrogen and oxygen atoms in total. The van der Waals surface area contributed by atoms with E-state index in [4.69, 9.17) is 0 Å². The standard InChI is InChI=1S/C24H23F4N5O2/c1-2-20(34)29-16-11-13-32(14-12-16)22-30-21(18-5-3-4-6-19(18)25)33(23(35)31-22)17-9-7-15(8-10-17)24(26,27)28/h3-10,16H,2,11-14H2,1H3,(H,29,34). The number of anilines is 1. The van der Waals surface area contributed by atoms with E-state index in [1.165, 1.54) is 18.2 Å². The van der Waals surface area contributed by atoms with Crippen LogP contribution < -0.4 is 15.9 Å². The lowest BCUT2D eigenvalue weighted by molar-refractivity contribution is -0.137. The molecule has 0 spiro atoms. The normalized spacial score (nSPS) is 14.7. The third-order valence-corrected chi connectivity index (χ3v) is 5.84. The molecule has 0 radical (unpaired) electrons. The molecule has 0 atom stereocenters. The van der Waals surface area contributed by atoms with Crippen LogP contribution in [0.4, 0.5) is 23.5 Å². The molecule has 1 saturated heterocycles. The van der Waals surface area contributed by atoms with Gasteiger partial charge >= 0.3 is 11.9 Å². The number of carbonyl (C=O) groups is 1. The summed E-state index contributed by atoms with van der Waals surface area (Å²) in [7, 11) is 0. The minimum Gasteiger partial charge on any atom is -0.353 e. The largest absolute Gasteiger partial charge is 0.416 e. The Balaban J connectivity index is 1.73. The van der Waals surface area contributed by atoms with Gasteiger partial charge in [0.15, 0.2) is 5.82 Å². The molecule has 1 amide bonds. The van der Waals surface area contributed by atoms with Gasteiger partial charge in [0.2, 0.25) is 11.9 Å². The molecule has 1 aromatic heterocycles. The molecule has 35 heavy (non-hydrogen) atoms. The van der Waals surface area contributed by atoms with Crippen molar-refractivity contribution in [1.82, 2.24) is 19.9 Å². The summed E-state index contributed by atoms with van der Waals surface area (Å²) in [6, 6.07) is 9.64. The molecule has 1 aliphatic heterocycles. The van der Waals surface area contributed by atoms with Crippen molar-refractivity contribution in [3.63, 3.8) is 0 Å². The molecule has 0 bridgehead atoms. The highest BCUT2D eigenvalue weighted by atomic mass is 19.4. The number of carbonyl (C=O) groups excluding carboxylic acids is 1. The van der Waals surface area contributed by atoms with Crippen molar-refractivity contribution in [3.05, 3.63) is 70.4 Å². The van der Waals surface area contributed by atoms with Crippen molar-refractivity contribution in [2.45, 2.75) is 38.4 Å². The van der Waals surface area contributed by atoms with Crippen molar-refractivity contribution >= 4 is 11.9 Å². The highest BCUT2D eigenvalue weighted by Gasteiger charge is 2.30. The Morgan fingerprint density at radius 1 is 1.06 bits per heavy atom. The van der Waals surface area contributed by atoms with Gasteiger partial charge in [-0.1, -0.05) is 19.1 Å². The Morgan fingerprint density at radius 2 is 1.71 bits per heavy atom. The van der Waals surface area contributed by atoms with Gasteiger partial charge in [0.25, 0.3) is 0 Å². The minimum absolute atomic E-state index is 0.00254. The number of halogens is 4. The van der Waals surface area contributed by atoms with E-state index in [1.807, 2.05) is 0 Å². The second-order valence-corrected chi connectivity index (χ2v) is 8.17. The molecule has 3 aromatic rings. The molecule has 2 heterocycles. The summed E-state index contributed by atoms with van der Waals surface area (Å²) < 4.78 is 54.7. The van der Waals surface area contributed by atoms with E-state index in [2.05, 4.69) is 15.3 Å². The third-order valence-electron chi connectivity index (χ3n) is 5.84. The number of rotatable bonds is 5. The number of nitrogens with zero attached hydrogens (tertiary/aromatic N) is 4. The fraction of sp³-hybridized carbons (Fsp3) is 0.333. The summed E-state index contributed by atoms with van der Waals surface area (Å²) in [6.07, 6.45) is -2.92. The zero-order valence-electron chi connectivity index (χ0n) is 18.8. The van der Waals surface area contributed by atoms with Crippen LogP contribution in [-0.2, 0) is 11.0 Å². The quantitative estimate of drug-likeness (QED) is 0.549. The number of piperidine rings is 1. The Bertz CT molecular complexity index is 1270. The first-order chi connectivity index (χ1) is 16.7. The predicted molar refractivity (Wildman–Crippen MR) is 122 cm³/mol. The number of hydrogen-bond acceptors (Lipinski definition) is 5. The summed E-state index contributed by atoms with van der Waals surface area (Å²) in [6.45, 7) is 2.71. The van der Waals surface area contributed by atoms with Crippen molar-refractivity contribution in [2.24, 2.45) is 0 Å². The van der Waals surface area contributed by atoms with Crippen LogP contribution in [0.25, 0.3) is 17.1 Å². The number of hydrogen-bond donors (Lipinski definition) is 1. The summed E-state index contributed by atoms with van der Waals surface area (Å²) >= 11 is 0. The van der Waals surface area contributed by atoms with Gasteiger partial charge in [-0.2, -0.15) is 23.1 Å². The first-order valence-electron chi connectivity index (χ1n) is 11.2. The third kappa shape index (κ3) is 5.33. The SMILES string of the molecule is CCC(=O)NC1CCN(c2nc(-c3ccccc3F)n(-c3ccc(C(F)(F)F)cc3)c(=O)n2)CC1. The smallest absolute Gasteiger partial charge is 0.353 e. The molecule has 184 valence electrons. The zero-order chi connectivity index (χ0) is 25.2. The Morgan fingerprint density at radius 3 is 2.31 bits per heavy atom. The molecule has 1 aliphatic rings. The number of amides is 1. The maximum atomic E-state index is 14.7. The first-order valence-corrected chi connectivity index (χ1v) is 11.2. The van der Waals surface area contributed by atoms with Crippen LogP contribution in [0.3, 0.4) is 0 Å². The van der Waals surface area contributed by atoms with E-state index in [0.717, 1.165) is 28.8 Å². The average Bonchev–Trinajstić information content (AvgIpc) is 2.84. The second kappa shape index (κ2) is 9.85. The lowest BCUT2D eigenvalue weighted by Gasteiger charge is -2.32. The van der Waals surface area contributed by atoms with E-state index < -0.39 is 23.2 Å². The summed E-state index contributed by atoms with van der Waals surface area (Å²) in [5.41, 5.74) is -1.58. The number of alkyl halides is 3. The minimum atomic E-state index is -4.54. The van der Waals surface area contributed by atoms with Gasteiger partial charge in [-0.15, -0.1) is 0 Å². The lowest BCUT2D eigenvalue weighted by atomic mass is 10.1. The van der Waals surface area contributed by atoms with Crippen molar-refractivity contribution in [3.8, 4) is 17.1 Å². The van der Waals surface area contributed by atoms with Gasteiger partial charge in [0.1, 0.15) is 5.82 Å². The summed E-state index contributed by atoms with van der Waals surface area (Å²) in [5, 5.41) is 2.94. The van der Waals surface area contributed by atoms with Gasteiger partial charge in [-0.25, -0.2) is 13.8 Å². The van der Waals surface area contributed by atoms with Crippen molar-refractivity contribution < 1.29 is 22.4 Å². The molecule has 1 N–H and O–H groups in total. The lowest BCUT2D eigenvalue weighted by Crippen LogP contribution is -2.45. The van der Waals surface area contributed by atoms with Gasteiger partial charge < -0.3 is 10.2 Å². The number of aromatic nitrogens is 3. The van der Waals surface area contributed by atoms with Crippen molar-refractivity contribution in [2.75, 3.05) is 18.0 Å². The van der Waals surface area contributed by atoms with E-state index >= 15 is 0 Å². The Labute approximate surface area is 198 Å². The van der Waals surface area contributed by atoms with Crippen LogP contribution in [-0.4, -0.2) is 39.6 Å². The molecular formula is C24H23F4N5O2. The summed E-state index contributed by atoms with van der Waals surface area (Å²) in [5.74, 6) is -0.658. The first kappa shape index (κ1) is 24.4. The maximum Gasteiger partial charge on any atom is 0.416 e. The molecule has 0 aliphatic carbocycles. The van der Waals surface area contributed by atoms with E-state index in [1.54, 1.807) is 17.9 Å². The molecule has 11 heteroatoms. The molecule has 0 saturated carbocycles. The van der Waals surface area contributed by atoms with Crippen LogP contribution in [0, 0.1) is 5.82 Å². The van der Waals surface area contributed by atoms with Gasteiger partial charge in [-0.3, -0.25) is 4.79 Å². The van der Waals surface area contributed by atoms with E-state index in [0.29, 0.717) is 32.4 Å². The molecule has 0 unspecified atom stereocenters. The molecule has 4 rings (SSSR count). The molecule has 1 fully saturated rings. The van der Waals surface area contributed by atoms with Crippen LogP contribution >= 0.6 is 0 Å². The average molecular weight is 489 g/mol. The fourth-order valence-electron chi connectivity index (χ4n) is 3.95. The maximum absolute atomic E-state index is 14.7. The topological polar surface area (TPSA) is 80.1 Å². The highest BCUT2D eigenvalue weighted by molar-refractivity contribution is 5.75. The molecular weight excluding hydrogens is 466 g/mol.